The molecule has 0 spiro atoms. The van der Waals surface area contributed by atoms with E-state index in [9.17, 15) is 0 Å². The molecule has 0 aromatic heterocycles. The topological polar surface area (TPSA) is 15.3 Å². The second-order valence-corrected chi connectivity index (χ2v) is 6.02. The van der Waals surface area contributed by atoms with Gasteiger partial charge in [-0.05, 0) is 39.2 Å². The van der Waals surface area contributed by atoms with Crippen LogP contribution in [-0.2, 0) is 0 Å². The minimum Gasteiger partial charge on any atom is -0.317 e. The van der Waals surface area contributed by atoms with Crippen LogP contribution in [0.1, 0.15) is 48.0 Å². The fourth-order valence-corrected chi connectivity index (χ4v) is 2.15. The number of hydrogen-bond donors (Lipinski definition) is 1. The van der Waals surface area contributed by atoms with Crippen molar-refractivity contribution in [1.82, 2.24) is 10.2 Å². The van der Waals surface area contributed by atoms with Gasteiger partial charge in [0.15, 0.2) is 0 Å². The molecule has 0 fully saturated rings. The molecule has 98 valence electrons. The molecule has 2 unspecified atom stereocenters. The summed E-state index contributed by atoms with van der Waals surface area (Å²) in [5, 5.41) is 3.33. The predicted octanol–water partition coefficient (Wildman–Crippen LogP) is 2.99. The highest BCUT2D eigenvalue weighted by Crippen LogP contribution is 2.12. The maximum atomic E-state index is 3.33. The molecule has 0 aliphatic heterocycles. The number of hydrogen-bond acceptors (Lipinski definition) is 2. The lowest BCUT2D eigenvalue weighted by atomic mass is 10.0. The van der Waals surface area contributed by atoms with E-state index in [4.69, 9.17) is 0 Å². The molecule has 0 aliphatic carbocycles. The quantitative estimate of drug-likeness (QED) is 0.687. The van der Waals surface area contributed by atoms with Crippen molar-refractivity contribution in [2.45, 2.75) is 60.0 Å². The fourth-order valence-electron chi connectivity index (χ4n) is 2.15. The maximum Gasteiger partial charge on any atom is 0.00818 e. The highest BCUT2D eigenvalue weighted by atomic mass is 15.2. The van der Waals surface area contributed by atoms with Gasteiger partial charge in [0.25, 0.3) is 0 Å². The Labute approximate surface area is 103 Å². The Kier molecular flexibility index (Phi) is 8.04. The third-order valence-electron chi connectivity index (χ3n) is 3.01. The van der Waals surface area contributed by atoms with Gasteiger partial charge in [0.1, 0.15) is 0 Å². The Balaban J connectivity index is 4.25. The van der Waals surface area contributed by atoms with Crippen LogP contribution in [0, 0.1) is 11.8 Å². The summed E-state index contributed by atoms with van der Waals surface area (Å²) in [6.07, 6.45) is 1.23. The highest BCUT2D eigenvalue weighted by Gasteiger charge is 2.17. The van der Waals surface area contributed by atoms with Gasteiger partial charge in [-0.2, -0.15) is 0 Å². The predicted molar refractivity (Wildman–Crippen MR) is 73.8 cm³/mol. The number of nitrogens with zero attached hydrogens (tertiary/aromatic N) is 1. The Hall–Kier alpha value is -0.0800. The van der Waals surface area contributed by atoms with Gasteiger partial charge in [-0.1, -0.05) is 27.7 Å². The van der Waals surface area contributed by atoms with E-state index in [1.54, 1.807) is 0 Å². The van der Waals surface area contributed by atoms with Crippen LogP contribution >= 0.6 is 0 Å². The molecule has 0 aliphatic rings. The summed E-state index contributed by atoms with van der Waals surface area (Å²) in [6, 6.07) is 1.28. The van der Waals surface area contributed by atoms with Gasteiger partial charge in [-0.3, -0.25) is 0 Å². The van der Waals surface area contributed by atoms with Crippen molar-refractivity contribution in [2.75, 3.05) is 20.1 Å². The normalized spacial score (nSPS) is 16.1. The summed E-state index contributed by atoms with van der Waals surface area (Å²) in [6.45, 7) is 16.3. The molecule has 0 saturated heterocycles. The molecule has 16 heavy (non-hydrogen) atoms. The van der Waals surface area contributed by atoms with Crippen molar-refractivity contribution in [3.8, 4) is 0 Å². The van der Waals surface area contributed by atoms with Crippen LogP contribution in [0.3, 0.4) is 0 Å². The first-order chi connectivity index (χ1) is 7.36. The molecular formula is C14H32N2. The maximum absolute atomic E-state index is 3.33. The van der Waals surface area contributed by atoms with Crippen molar-refractivity contribution in [3.05, 3.63) is 0 Å². The molecule has 2 heteroatoms. The molecule has 2 nitrogen and oxygen atoms in total. The van der Waals surface area contributed by atoms with Gasteiger partial charge in [-0.15, -0.1) is 0 Å². The zero-order valence-electron chi connectivity index (χ0n) is 12.4. The van der Waals surface area contributed by atoms with E-state index >= 15 is 0 Å². The van der Waals surface area contributed by atoms with E-state index < -0.39 is 0 Å². The largest absolute Gasteiger partial charge is 0.317 e. The van der Waals surface area contributed by atoms with Crippen molar-refractivity contribution in [3.63, 3.8) is 0 Å². The van der Waals surface area contributed by atoms with Gasteiger partial charge in [0.05, 0.1) is 0 Å². The van der Waals surface area contributed by atoms with Crippen molar-refractivity contribution in [2.24, 2.45) is 11.8 Å². The monoisotopic (exact) mass is 228 g/mol. The summed E-state index contributed by atoms with van der Waals surface area (Å²) in [4.78, 5) is 2.64. The fraction of sp³-hybridized carbons (Fsp3) is 1.00. The zero-order valence-corrected chi connectivity index (χ0v) is 12.4. The first-order valence-corrected chi connectivity index (χ1v) is 6.78. The molecule has 2 atom stereocenters. The lowest BCUT2D eigenvalue weighted by Crippen LogP contribution is -2.41. The van der Waals surface area contributed by atoms with E-state index in [-0.39, 0.29) is 0 Å². The van der Waals surface area contributed by atoms with Crippen LogP contribution in [0.25, 0.3) is 0 Å². The smallest absolute Gasteiger partial charge is 0.00818 e. The number of rotatable bonds is 8. The van der Waals surface area contributed by atoms with E-state index in [1.807, 2.05) is 7.05 Å². The standard InChI is InChI=1S/C14H32N2/c1-11(2)9-16(10-12(3)4)14(6)8-13(5)15-7/h11-15H,8-10H2,1-7H3. The SMILES string of the molecule is CNC(C)CC(C)N(CC(C)C)CC(C)C. The van der Waals surface area contributed by atoms with Crippen molar-refractivity contribution >= 4 is 0 Å². The summed E-state index contributed by atoms with van der Waals surface area (Å²) >= 11 is 0. The van der Waals surface area contributed by atoms with Gasteiger partial charge in [0, 0.05) is 25.2 Å². The van der Waals surface area contributed by atoms with Gasteiger partial charge in [0.2, 0.25) is 0 Å². The molecule has 0 aromatic rings. The Morgan fingerprint density at radius 2 is 1.31 bits per heavy atom. The van der Waals surface area contributed by atoms with Gasteiger partial charge < -0.3 is 10.2 Å². The molecular weight excluding hydrogens is 196 g/mol. The lowest BCUT2D eigenvalue weighted by Gasteiger charge is -2.33. The number of nitrogens with one attached hydrogen (secondary N) is 1. The van der Waals surface area contributed by atoms with E-state index in [2.05, 4.69) is 51.8 Å². The Morgan fingerprint density at radius 3 is 1.62 bits per heavy atom. The van der Waals surface area contributed by atoms with Crippen LogP contribution in [0.2, 0.25) is 0 Å². The Bertz CT molecular complexity index is 156. The van der Waals surface area contributed by atoms with E-state index in [1.165, 1.54) is 19.5 Å². The van der Waals surface area contributed by atoms with Crippen LogP contribution in [0.5, 0.6) is 0 Å². The van der Waals surface area contributed by atoms with Crippen LogP contribution in [0.15, 0.2) is 0 Å². The van der Waals surface area contributed by atoms with Crippen LogP contribution < -0.4 is 5.32 Å². The van der Waals surface area contributed by atoms with Crippen molar-refractivity contribution in [1.29, 1.82) is 0 Å². The molecule has 0 amide bonds. The first-order valence-electron chi connectivity index (χ1n) is 6.78. The molecule has 0 saturated carbocycles. The van der Waals surface area contributed by atoms with Gasteiger partial charge >= 0.3 is 0 Å². The van der Waals surface area contributed by atoms with Crippen molar-refractivity contribution < 1.29 is 0 Å². The molecule has 0 heterocycles. The van der Waals surface area contributed by atoms with Gasteiger partial charge in [-0.25, -0.2) is 0 Å². The second kappa shape index (κ2) is 8.08. The average Bonchev–Trinajstić information content (AvgIpc) is 2.15. The van der Waals surface area contributed by atoms with Crippen LogP contribution in [0.4, 0.5) is 0 Å². The third-order valence-corrected chi connectivity index (χ3v) is 3.01. The summed E-state index contributed by atoms with van der Waals surface area (Å²) < 4.78 is 0. The highest BCUT2D eigenvalue weighted by molar-refractivity contribution is 4.74. The van der Waals surface area contributed by atoms with Crippen LogP contribution in [-0.4, -0.2) is 37.1 Å². The molecule has 0 rings (SSSR count). The molecule has 1 N–H and O–H groups in total. The second-order valence-electron chi connectivity index (χ2n) is 6.02. The molecule has 0 aromatic carbocycles. The summed E-state index contributed by atoms with van der Waals surface area (Å²) in [7, 11) is 2.05. The summed E-state index contributed by atoms with van der Waals surface area (Å²) in [5.41, 5.74) is 0. The zero-order chi connectivity index (χ0) is 12.7. The third kappa shape index (κ3) is 7.24. The molecule has 0 radical (unpaired) electrons. The Morgan fingerprint density at radius 1 is 0.875 bits per heavy atom. The average molecular weight is 228 g/mol. The lowest BCUT2D eigenvalue weighted by molar-refractivity contribution is 0.152. The van der Waals surface area contributed by atoms with E-state index in [0.29, 0.717) is 12.1 Å². The molecule has 0 bridgehead atoms. The first kappa shape index (κ1) is 15.9. The van der Waals surface area contributed by atoms with E-state index in [0.717, 1.165) is 11.8 Å². The minimum absolute atomic E-state index is 0.608. The summed E-state index contributed by atoms with van der Waals surface area (Å²) in [5.74, 6) is 1.51. The minimum atomic E-state index is 0.608.